The fraction of sp³-hybridized carbons (Fsp3) is 0.553. The van der Waals surface area contributed by atoms with Gasteiger partial charge in [-0.15, -0.1) is 0 Å². The molecule has 4 heterocycles. The molecule has 3 aliphatic heterocycles. The summed E-state index contributed by atoms with van der Waals surface area (Å²) in [6.45, 7) is 5.64. The molecule has 314 valence electrons. The van der Waals surface area contributed by atoms with Crippen LogP contribution < -0.4 is 14.9 Å². The molecule has 0 amide bonds. The minimum atomic E-state index is -1.84. The third-order valence-electron chi connectivity index (χ3n) is 10.2. The van der Waals surface area contributed by atoms with E-state index in [1.54, 1.807) is 19.9 Å². The molecule has 15 atom stereocenters. The SMILES string of the molecule is CC(C)=CCc1c(O[C@@H]2O[C@H](CO)[C@@H](O)[C@@H](O)[C@H]2O)cc(O)c2c(=O)c(O[C@@H]3O[C@H](C)[C@@H](O)[C@@H](O)[C@H]3O[C@@H]3O[C@H](C)[C@H](O)[C@@H](O)[C@H]3O)c(-c3ccc(O)cc3)oc12. The van der Waals surface area contributed by atoms with Gasteiger partial charge in [-0.1, -0.05) is 11.6 Å². The molecule has 19 heteroatoms. The Bertz CT molecular complexity index is 1960. The van der Waals surface area contributed by atoms with Crippen molar-refractivity contribution in [3.8, 4) is 34.3 Å². The molecular formula is C38H48O19. The maximum Gasteiger partial charge on any atom is 0.239 e. The van der Waals surface area contributed by atoms with Crippen molar-refractivity contribution in [3.63, 3.8) is 0 Å². The number of fused-ring (bicyclic) bond motifs is 1. The van der Waals surface area contributed by atoms with Crippen molar-refractivity contribution in [1.82, 2.24) is 0 Å². The number of allylic oxidation sites excluding steroid dienone is 2. The molecule has 11 N–H and O–H groups in total. The Labute approximate surface area is 324 Å². The van der Waals surface area contributed by atoms with E-state index in [1.807, 2.05) is 0 Å². The van der Waals surface area contributed by atoms with E-state index in [4.69, 9.17) is 32.8 Å². The number of rotatable bonds is 10. The molecule has 0 radical (unpaired) electrons. The van der Waals surface area contributed by atoms with Crippen LogP contribution in [0.1, 0.15) is 33.3 Å². The quantitative estimate of drug-likeness (QED) is 0.105. The Balaban J connectivity index is 1.50. The van der Waals surface area contributed by atoms with Crippen LogP contribution in [0.5, 0.6) is 23.0 Å². The van der Waals surface area contributed by atoms with E-state index < -0.39 is 121 Å². The number of benzene rings is 2. The van der Waals surface area contributed by atoms with Gasteiger partial charge in [-0.05, 0) is 58.4 Å². The first kappa shape index (κ1) is 42.7. The molecule has 0 spiro atoms. The highest BCUT2D eigenvalue weighted by Crippen LogP contribution is 2.42. The lowest BCUT2D eigenvalue weighted by atomic mass is 9.98. The third kappa shape index (κ3) is 8.35. The lowest BCUT2D eigenvalue weighted by Crippen LogP contribution is -2.63. The summed E-state index contributed by atoms with van der Waals surface area (Å²) in [5, 5.41) is 115. The number of aliphatic hydroxyl groups is 9. The molecular weight excluding hydrogens is 760 g/mol. The molecule has 19 nitrogen and oxygen atoms in total. The van der Waals surface area contributed by atoms with Gasteiger partial charge in [-0.3, -0.25) is 4.79 Å². The van der Waals surface area contributed by atoms with Crippen LogP contribution in [0.25, 0.3) is 22.3 Å². The van der Waals surface area contributed by atoms with Crippen molar-refractivity contribution in [3.05, 3.63) is 57.8 Å². The molecule has 3 saturated heterocycles. The number of aromatic hydroxyl groups is 2. The average Bonchev–Trinajstić information content (AvgIpc) is 3.17. The summed E-state index contributed by atoms with van der Waals surface area (Å²) in [6, 6.07) is 6.38. The minimum Gasteiger partial charge on any atom is -0.508 e. The zero-order valence-corrected chi connectivity index (χ0v) is 31.2. The number of hydrogen-bond donors (Lipinski definition) is 11. The van der Waals surface area contributed by atoms with Gasteiger partial charge in [0.1, 0.15) is 83.2 Å². The summed E-state index contributed by atoms with van der Waals surface area (Å²) < 4.78 is 41.3. The van der Waals surface area contributed by atoms with Gasteiger partial charge >= 0.3 is 0 Å². The van der Waals surface area contributed by atoms with Crippen molar-refractivity contribution in [2.75, 3.05) is 6.61 Å². The minimum absolute atomic E-state index is 0.00401. The van der Waals surface area contributed by atoms with E-state index >= 15 is 0 Å². The van der Waals surface area contributed by atoms with Crippen LogP contribution in [0.2, 0.25) is 0 Å². The number of ether oxygens (including phenoxy) is 6. The normalized spacial score (nSPS) is 35.8. The fourth-order valence-electron chi connectivity index (χ4n) is 6.80. The molecule has 0 unspecified atom stereocenters. The Morgan fingerprint density at radius 2 is 1.33 bits per heavy atom. The highest BCUT2D eigenvalue weighted by atomic mass is 16.8. The Morgan fingerprint density at radius 1 is 0.737 bits per heavy atom. The standard InChI is InChI=1S/C38H48O19/c1-13(2)5-10-18-20(53-37-31(50)28(47)25(44)21(12-39)54-37)11-19(41)22-26(45)34(32(55-33(18)22)16-6-8-17(40)9-7-16)56-38-35(29(48)24(43)15(4)52-38)57-36-30(49)27(46)23(42)14(3)51-36/h5-9,11,14-15,21,23-25,27-31,35-44,46-50H,10,12H2,1-4H3/t14-,15-,21-,23+,24-,25-,27-,28-,29-,30-,31-,35-,36+,37-,38+/m1/s1. The topological polar surface area (TPSA) is 308 Å². The van der Waals surface area contributed by atoms with Gasteiger partial charge in [0.25, 0.3) is 0 Å². The van der Waals surface area contributed by atoms with E-state index in [2.05, 4.69) is 0 Å². The molecule has 3 aliphatic rings. The lowest BCUT2D eigenvalue weighted by Gasteiger charge is -2.45. The molecule has 3 fully saturated rings. The Kier molecular flexibility index (Phi) is 12.8. The van der Waals surface area contributed by atoms with Gasteiger partial charge in [-0.25, -0.2) is 0 Å². The molecule has 0 bridgehead atoms. The van der Waals surface area contributed by atoms with Crippen LogP contribution in [-0.2, 0) is 25.4 Å². The second-order valence-corrected chi connectivity index (χ2v) is 14.6. The van der Waals surface area contributed by atoms with Crippen molar-refractivity contribution < 1.29 is 89.0 Å². The van der Waals surface area contributed by atoms with E-state index in [9.17, 15) is 61.0 Å². The molecule has 2 aromatic carbocycles. The fourth-order valence-corrected chi connectivity index (χ4v) is 6.80. The van der Waals surface area contributed by atoms with E-state index in [1.165, 1.54) is 38.1 Å². The zero-order valence-electron chi connectivity index (χ0n) is 31.2. The van der Waals surface area contributed by atoms with Gasteiger partial charge in [0, 0.05) is 17.2 Å². The van der Waals surface area contributed by atoms with Crippen LogP contribution in [-0.4, -0.2) is 155 Å². The highest BCUT2D eigenvalue weighted by molar-refractivity contribution is 5.91. The maximum absolute atomic E-state index is 14.6. The predicted molar refractivity (Wildman–Crippen MR) is 193 cm³/mol. The van der Waals surface area contributed by atoms with Gasteiger partial charge in [0.15, 0.2) is 18.2 Å². The predicted octanol–water partition coefficient (Wildman–Crippen LogP) is -1.38. The van der Waals surface area contributed by atoms with Gasteiger partial charge in [-0.2, -0.15) is 0 Å². The summed E-state index contributed by atoms with van der Waals surface area (Å²) in [4.78, 5) is 14.6. The summed E-state index contributed by atoms with van der Waals surface area (Å²) in [5.41, 5.74) is -0.144. The summed E-state index contributed by atoms with van der Waals surface area (Å²) in [7, 11) is 0. The molecule has 0 aliphatic carbocycles. The molecule has 0 saturated carbocycles. The smallest absolute Gasteiger partial charge is 0.239 e. The van der Waals surface area contributed by atoms with Crippen LogP contribution >= 0.6 is 0 Å². The molecule has 57 heavy (non-hydrogen) atoms. The van der Waals surface area contributed by atoms with Gasteiger partial charge < -0.3 is 89.0 Å². The Hall–Kier alpha value is -3.93. The summed E-state index contributed by atoms with van der Waals surface area (Å²) in [6.07, 6.45) is -22.4. The average molecular weight is 809 g/mol. The van der Waals surface area contributed by atoms with Crippen LogP contribution in [0, 0.1) is 0 Å². The van der Waals surface area contributed by atoms with Gasteiger partial charge in [0.2, 0.25) is 23.8 Å². The number of hydrogen-bond acceptors (Lipinski definition) is 19. The molecule has 6 rings (SSSR count). The largest absolute Gasteiger partial charge is 0.508 e. The monoisotopic (exact) mass is 808 g/mol. The van der Waals surface area contributed by atoms with Crippen molar-refractivity contribution >= 4 is 11.0 Å². The van der Waals surface area contributed by atoms with Crippen LogP contribution in [0.3, 0.4) is 0 Å². The first-order valence-electron chi connectivity index (χ1n) is 18.2. The van der Waals surface area contributed by atoms with Gasteiger partial charge in [0.05, 0.1) is 18.8 Å². The van der Waals surface area contributed by atoms with Crippen molar-refractivity contribution in [1.29, 1.82) is 0 Å². The highest BCUT2D eigenvalue weighted by Gasteiger charge is 2.51. The third-order valence-corrected chi connectivity index (χ3v) is 10.2. The number of phenols is 2. The first-order valence-corrected chi connectivity index (χ1v) is 18.2. The summed E-state index contributed by atoms with van der Waals surface area (Å²) >= 11 is 0. The molecule has 1 aromatic heterocycles. The van der Waals surface area contributed by atoms with Crippen molar-refractivity contribution in [2.45, 2.75) is 126 Å². The number of aliphatic hydroxyl groups excluding tert-OH is 9. The second kappa shape index (κ2) is 17.1. The van der Waals surface area contributed by atoms with Crippen molar-refractivity contribution in [2.24, 2.45) is 0 Å². The lowest BCUT2D eigenvalue weighted by molar-refractivity contribution is -0.352. The maximum atomic E-state index is 14.6. The van der Waals surface area contributed by atoms with E-state index in [0.717, 1.165) is 11.6 Å². The zero-order chi connectivity index (χ0) is 41.6. The second-order valence-electron chi connectivity index (χ2n) is 14.6. The van der Waals surface area contributed by atoms with Crippen LogP contribution in [0.4, 0.5) is 0 Å². The summed E-state index contributed by atoms with van der Waals surface area (Å²) in [5.74, 6) is -1.96. The van der Waals surface area contributed by atoms with Crippen LogP contribution in [0.15, 0.2) is 51.2 Å². The molecule has 3 aromatic rings. The first-order chi connectivity index (χ1) is 26.9. The Morgan fingerprint density at radius 3 is 1.96 bits per heavy atom. The van der Waals surface area contributed by atoms with E-state index in [0.29, 0.717) is 0 Å². The number of phenolic OH excluding ortho intramolecular Hbond substituents is 2. The van der Waals surface area contributed by atoms with E-state index in [-0.39, 0.29) is 40.4 Å².